The Morgan fingerprint density at radius 3 is 2.66 bits per heavy atom. The Morgan fingerprint density at radius 2 is 2.07 bits per heavy atom. The van der Waals surface area contributed by atoms with Crippen molar-refractivity contribution in [2.75, 3.05) is 18.5 Å². The van der Waals surface area contributed by atoms with E-state index in [0.717, 1.165) is 0 Å². The van der Waals surface area contributed by atoms with E-state index >= 15 is 0 Å². The zero-order chi connectivity index (χ0) is 21.4. The molecule has 1 aromatic heterocycles. The molecule has 0 aliphatic carbocycles. The molecule has 1 aliphatic heterocycles. The third-order valence-electron chi connectivity index (χ3n) is 4.30. The van der Waals surface area contributed by atoms with E-state index in [4.69, 9.17) is 4.74 Å². The molecule has 1 atom stereocenters. The Kier molecular flexibility index (Phi) is 5.54. The minimum Gasteiger partial charge on any atom is -0.478 e. The van der Waals surface area contributed by atoms with Gasteiger partial charge in [-0.05, 0) is 30.7 Å². The molecule has 1 aliphatic rings. The number of pyridine rings is 1. The molecule has 156 valence electrons. The van der Waals surface area contributed by atoms with Gasteiger partial charge in [-0.3, -0.25) is 9.72 Å². The van der Waals surface area contributed by atoms with Crippen LogP contribution in [-0.2, 0) is 29.8 Å². The molecule has 12 heteroatoms. The van der Waals surface area contributed by atoms with Crippen LogP contribution in [0.3, 0.4) is 0 Å². The molecule has 1 unspecified atom stereocenters. The number of sulfone groups is 1. The van der Waals surface area contributed by atoms with Gasteiger partial charge >= 0.3 is 12.6 Å². The van der Waals surface area contributed by atoms with Crippen molar-refractivity contribution in [1.29, 1.82) is 0 Å². The first-order chi connectivity index (χ1) is 13.6. The van der Waals surface area contributed by atoms with E-state index in [-0.39, 0.29) is 21.8 Å². The number of aromatic nitrogens is 1. The van der Waals surface area contributed by atoms with Crippen LogP contribution in [0.2, 0.25) is 0 Å². The second-order valence-electron chi connectivity index (χ2n) is 6.20. The number of rotatable bonds is 7. The number of hydrazine groups is 1. The molecule has 0 bridgehead atoms. The highest BCUT2D eigenvalue weighted by Gasteiger charge is 2.52. The van der Waals surface area contributed by atoms with Gasteiger partial charge < -0.3 is 15.3 Å². The number of ether oxygens (including phenoxy) is 2. The van der Waals surface area contributed by atoms with Crippen molar-refractivity contribution in [2.24, 2.45) is 0 Å². The molecule has 1 aromatic carbocycles. The van der Waals surface area contributed by atoms with Gasteiger partial charge in [-0.2, -0.15) is 14.2 Å². The summed E-state index contributed by atoms with van der Waals surface area (Å²) in [6.45, 7) is -1.84. The number of carboxylic acids is 1. The Labute approximate surface area is 164 Å². The van der Waals surface area contributed by atoms with Crippen LogP contribution in [0, 0.1) is 6.92 Å². The zero-order valence-corrected chi connectivity index (χ0v) is 16.1. The fourth-order valence-electron chi connectivity index (χ4n) is 3.16. The van der Waals surface area contributed by atoms with Crippen LogP contribution in [0.25, 0.3) is 11.3 Å². The number of methoxy groups -OCH3 is 1. The molecule has 3 rings (SSSR count). The topological polar surface area (TPSA) is 127 Å². The van der Waals surface area contributed by atoms with Crippen LogP contribution < -0.4 is 10.9 Å². The minimum atomic E-state index is -3.69. The average Bonchev–Trinajstić information content (AvgIpc) is 3.01. The Morgan fingerprint density at radius 1 is 1.34 bits per heavy atom. The van der Waals surface area contributed by atoms with Crippen molar-refractivity contribution in [3.63, 3.8) is 0 Å². The van der Waals surface area contributed by atoms with Gasteiger partial charge in [0, 0.05) is 18.9 Å². The molecule has 3 N–H and O–H groups in total. The number of aliphatic carboxylic acids is 1. The summed E-state index contributed by atoms with van der Waals surface area (Å²) in [4.78, 5) is 16.0. The summed E-state index contributed by atoms with van der Waals surface area (Å²) in [5.41, 5.74) is 2.93. The van der Waals surface area contributed by atoms with Gasteiger partial charge in [0.15, 0.2) is 5.94 Å². The molecular weight excluding hydrogens is 412 g/mol. The van der Waals surface area contributed by atoms with Crippen LogP contribution in [0.15, 0.2) is 35.4 Å². The number of fused-ring (bicyclic) bond motifs is 1. The summed E-state index contributed by atoms with van der Waals surface area (Å²) in [5.74, 6) is -2.21. The highest BCUT2D eigenvalue weighted by atomic mass is 32.2. The standard InChI is InChI=1S/C17H17F2N3O6S/c1-9-7-10(3-4-12(9)29(25,26)8-27-2)14-13-11(5-6-20-14)21-22-17(13,15(23)24)28-16(18)19/h3-7,16,21-22H,8H2,1-2H3,(H,23,24). The van der Waals surface area contributed by atoms with Gasteiger partial charge in [0.25, 0.3) is 5.72 Å². The average molecular weight is 429 g/mol. The van der Waals surface area contributed by atoms with Crippen molar-refractivity contribution >= 4 is 21.5 Å². The first kappa shape index (κ1) is 21.0. The number of carbonyl (C=O) groups is 1. The van der Waals surface area contributed by atoms with E-state index in [1.54, 1.807) is 6.92 Å². The first-order valence-corrected chi connectivity index (χ1v) is 9.82. The molecule has 0 spiro atoms. The molecule has 0 saturated carbocycles. The SMILES string of the molecule is COCS(=O)(=O)c1ccc(-c2nccc3c2C(OC(F)F)(C(=O)O)NN3)cc1C. The predicted octanol–water partition coefficient (Wildman–Crippen LogP) is 1.84. The molecule has 0 amide bonds. The number of alkyl halides is 2. The van der Waals surface area contributed by atoms with Gasteiger partial charge in [0.1, 0.15) is 0 Å². The number of nitrogens with zero attached hydrogens (tertiary/aromatic N) is 1. The van der Waals surface area contributed by atoms with Crippen molar-refractivity contribution < 1.29 is 36.6 Å². The minimum absolute atomic E-state index is 0.0280. The van der Waals surface area contributed by atoms with Gasteiger partial charge in [-0.1, -0.05) is 6.07 Å². The van der Waals surface area contributed by atoms with Crippen LogP contribution >= 0.6 is 0 Å². The van der Waals surface area contributed by atoms with Crippen molar-refractivity contribution in [3.8, 4) is 11.3 Å². The van der Waals surface area contributed by atoms with Gasteiger partial charge in [0.2, 0.25) is 9.84 Å². The van der Waals surface area contributed by atoms with Crippen LogP contribution in [0.4, 0.5) is 14.5 Å². The number of benzene rings is 1. The number of carboxylic acid groups (broad SMARTS) is 1. The summed E-state index contributed by atoms with van der Waals surface area (Å²) in [7, 11) is -2.43. The largest absolute Gasteiger partial charge is 0.478 e. The number of nitrogens with one attached hydrogen (secondary N) is 2. The smallest absolute Gasteiger partial charge is 0.358 e. The number of halogens is 2. The van der Waals surface area contributed by atoms with Crippen LogP contribution in [-0.4, -0.2) is 44.1 Å². The molecule has 0 radical (unpaired) electrons. The van der Waals surface area contributed by atoms with E-state index in [9.17, 15) is 27.1 Å². The van der Waals surface area contributed by atoms with E-state index in [0.29, 0.717) is 11.1 Å². The maximum atomic E-state index is 13.0. The van der Waals surface area contributed by atoms with Gasteiger partial charge in [0.05, 0.1) is 21.8 Å². The predicted molar refractivity (Wildman–Crippen MR) is 96.6 cm³/mol. The number of hydrogen-bond acceptors (Lipinski definition) is 8. The van der Waals surface area contributed by atoms with Gasteiger partial charge in [-0.25, -0.2) is 13.2 Å². The summed E-state index contributed by atoms with van der Waals surface area (Å²) in [5, 5.41) is 9.61. The van der Waals surface area contributed by atoms with Crippen molar-refractivity contribution in [2.45, 2.75) is 24.2 Å². The summed E-state index contributed by atoms with van der Waals surface area (Å²) >= 11 is 0. The maximum Gasteiger partial charge on any atom is 0.358 e. The molecule has 2 heterocycles. The monoisotopic (exact) mass is 429 g/mol. The highest BCUT2D eigenvalue weighted by molar-refractivity contribution is 7.91. The van der Waals surface area contributed by atoms with E-state index in [1.165, 1.54) is 37.6 Å². The molecular formula is C17H17F2N3O6S. The van der Waals surface area contributed by atoms with Gasteiger partial charge in [-0.15, -0.1) is 0 Å². The fraction of sp³-hybridized carbons (Fsp3) is 0.294. The maximum absolute atomic E-state index is 13.0. The lowest BCUT2D eigenvalue weighted by atomic mass is 9.96. The third-order valence-corrected chi connectivity index (χ3v) is 5.97. The lowest BCUT2D eigenvalue weighted by Crippen LogP contribution is -2.50. The second-order valence-corrected chi connectivity index (χ2v) is 8.10. The Hall–Kier alpha value is -2.67. The lowest BCUT2D eigenvalue weighted by molar-refractivity contribution is -0.230. The van der Waals surface area contributed by atoms with Crippen LogP contribution in [0.1, 0.15) is 11.1 Å². The highest BCUT2D eigenvalue weighted by Crippen LogP contribution is 2.42. The quantitative estimate of drug-likeness (QED) is 0.604. The van der Waals surface area contributed by atoms with E-state index in [1.807, 2.05) is 0 Å². The third kappa shape index (κ3) is 3.67. The van der Waals surface area contributed by atoms with Crippen molar-refractivity contribution in [3.05, 3.63) is 41.6 Å². The number of aryl methyl sites for hydroxylation is 1. The van der Waals surface area contributed by atoms with Crippen LogP contribution in [0.5, 0.6) is 0 Å². The van der Waals surface area contributed by atoms with E-state index in [2.05, 4.69) is 20.6 Å². The first-order valence-electron chi connectivity index (χ1n) is 8.17. The second kappa shape index (κ2) is 7.63. The zero-order valence-electron chi connectivity index (χ0n) is 15.3. The fourth-order valence-corrected chi connectivity index (χ4v) is 4.42. The summed E-state index contributed by atoms with van der Waals surface area (Å²) in [6, 6.07) is 5.60. The number of hydrogen-bond donors (Lipinski definition) is 3. The Balaban J connectivity index is 2.17. The molecule has 9 nitrogen and oxygen atoms in total. The molecule has 29 heavy (non-hydrogen) atoms. The lowest BCUT2D eigenvalue weighted by Gasteiger charge is -2.25. The molecule has 0 saturated heterocycles. The molecule has 2 aromatic rings. The summed E-state index contributed by atoms with van der Waals surface area (Å²) < 4.78 is 59.6. The summed E-state index contributed by atoms with van der Waals surface area (Å²) in [6.07, 6.45) is 1.36. The van der Waals surface area contributed by atoms with Crippen molar-refractivity contribution in [1.82, 2.24) is 10.4 Å². The Bertz CT molecular complexity index is 1060. The van der Waals surface area contributed by atoms with E-state index < -0.39 is 34.1 Å². The number of anilines is 1. The molecule has 0 fully saturated rings. The normalized spacial score (nSPS) is 18.5.